The van der Waals surface area contributed by atoms with E-state index in [-0.39, 0.29) is 17.0 Å². The molecule has 3 aromatic rings. The molecule has 1 amide bonds. The number of hydrogen-bond acceptors (Lipinski definition) is 4. The molecule has 158 valence electrons. The summed E-state index contributed by atoms with van der Waals surface area (Å²) in [5.74, 6) is -1.64. The van der Waals surface area contributed by atoms with Crippen molar-refractivity contribution >= 4 is 5.91 Å². The minimum absolute atomic E-state index is 0.174. The normalized spacial score (nSPS) is 18.7. The first-order valence-electron chi connectivity index (χ1n) is 10.2. The van der Waals surface area contributed by atoms with Gasteiger partial charge in [0.15, 0.2) is 0 Å². The molecule has 1 aromatic heterocycles. The van der Waals surface area contributed by atoms with E-state index >= 15 is 0 Å². The van der Waals surface area contributed by atoms with E-state index in [4.69, 9.17) is 0 Å². The lowest BCUT2D eigenvalue weighted by molar-refractivity contribution is -0.103. The summed E-state index contributed by atoms with van der Waals surface area (Å²) in [6.45, 7) is 1.10. The summed E-state index contributed by atoms with van der Waals surface area (Å²) in [4.78, 5) is 25.1. The first kappa shape index (κ1) is 19.6. The number of halogens is 2. The Morgan fingerprint density at radius 2 is 1.55 bits per heavy atom. The van der Waals surface area contributed by atoms with Crippen LogP contribution in [0.15, 0.2) is 65.6 Å². The molecule has 2 aromatic carbocycles. The van der Waals surface area contributed by atoms with E-state index in [1.807, 2.05) is 5.01 Å². The third kappa shape index (κ3) is 3.42. The first-order chi connectivity index (χ1) is 15.0. The van der Waals surface area contributed by atoms with Crippen LogP contribution in [-0.4, -0.2) is 38.8 Å². The topological polar surface area (TPSA) is 58.4 Å². The van der Waals surface area contributed by atoms with Gasteiger partial charge < -0.3 is 0 Å². The number of fused-ring (bicyclic) bond motifs is 2. The van der Waals surface area contributed by atoms with Crippen LogP contribution in [0.5, 0.6) is 0 Å². The molecule has 2 aliphatic heterocycles. The molecule has 0 spiro atoms. The molecular weight excluding hydrogens is 402 g/mol. The van der Waals surface area contributed by atoms with Crippen molar-refractivity contribution in [2.75, 3.05) is 13.1 Å². The van der Waals surface area contributed by atoms with Crippen molar-refractivity contribution in [2.45, 2.75) is 24.9 Å². The fourth-order valence-corrected chi connectivity index (χ4v) is 4.58. The largest absolute Gasteiger partial charge is 0.288 e. The molecule has 0 N–H and O–H groups in total. The highest BCUT2D eigenvalue weighted by molar-refractivity contribution is 5.92. The predicted molar refractivity (Wildman–Crippen MR) is 109 cm³/mol. The quantitative estimate of drug-likeness (QED) is 0.650. The third-order valence-electron chi connectivity index (χ3n) is 5.88. The Morgan fingerprint density at radius 3 is 2.19 bits per heavy atom. The van der Waals surface area contributed by atoms with E-state index in [0.29, 0.717) is 24.2 Å². The van der Waals surface area contributed by atoms with E-state index in [0.717, 1.165) is 19.0 Å². The van der Waals surface area contributed by atoms with E-state index < -0.39 is 23.7 Å². The van der Waals surface area contributed by atoms with Gasteiger partial charge in [-0.25, -0.2) is 13.5 Å². The number of benzene rings is 2. The first-order valence-corrected chi connectivity index (χ1v) is 10.2. The van der Waals surface area contributed by atoms with Gasteiger partial charge in [-0.05, 0) is 48.2 Å². The Hall–Kier alpha value is -3.39. The van der Waals surface area contributed by atoms with E-state index in [2.05, 4.69) is 5.10 Å². The van der Waals surface area contributed by atoms with Crippen LogP contribution in [-0.2, 0) is 0 Å². The van der Waals surface area contributed by atoms with Gasteiger partial charge >= 0.3 is 0 Å². The van der Waals surface area contributed by atoms with Gasteiger partial charge in [0.2, 0.25) is 5.43 Å². The Morgan fingerprint density at radius 1 is 0.903 bits per heavy atom. The summed E-state index contributed by atoms with van der Waals surface area (Å²) in [7, 11) is 0. The molecule has 0 aliphatic carbocycles. The lowest BCUT2D eigenvalue weighted by Crippen LogP contribution is -2.59. The smallest absolute Gasteiger partial charge is 0.286 e. The van der Waals surface area contributed by atoms with Gasteiger partial charge in [0.1, 0.15) is 23.5 Å². The number of amides is 1. The summed E-state index contributed by atoms with van der Waals surface area (Å²) >= 11 is 0. The summed E-state index contributed by atoms with van der Waals surface area (Å²) in [5, 5.41) is 7.83. The number of aromatic nitrogens is 2. The Balaban J connectivity index is 1.77. The van der Waals surface area contributed by atoms with Gasteiger partial charge in [-0.1, -0.05) is 24.3 Å². The van der Waals surface area contributed by atoms with Crippen molar-refractivity contribution < 1.29 is 13.6 Å². The van der Waals surface area contributed by atoms with Crippen LogP contribution >= 0.6 is 0 Å². The minimum atomic E-state index is -0.572. The summed E-state index contributed by atoms with van der Waals surface area (Å²) in [6, 6.07) is 13.6. The molecule has 0 saturated carbocycles. The second-order valence-corrected chi connectivity index (χ2v) is 7.82. The molecule has 1 saturated heterocycles. The monoisotopic (exact) mass is 422 g/mol. The van der Waals surface area contributed by atoms with Gasteiger partial charge in [-0.2, -0.15) is 10.1 Å². The van der Waals surface area contributed by atoms with Crippen molar-refractivity contribution in [3.63, 3.8) is 0 Å². The van der Waals surface area contributed by atoms with Gasteiger partial charge in [0.25, 0.3) is 5.91 Å². The lowest BCUT2D eigenvalue weighted by Gasteiger charge is -2.49. The zero-order chi connectivity index (χ0) is 21.5. The molecule has 8 heteroatoms. The highest BCUT2D eigenvalue weighted by Gasteiger charge is 2.44. The van der Waals surface area contributed by atoms with Crippen molar-refractivity contribution in [1.29, 1.82) is 0 Å². The number of carbonyl (C=O) groups excluding carboxylic acids is 1. The predicted octanol–water partition coefficient (Wildman–Crippen LogP) is 3.32. The third-order valence-corrected chi connectivity index (χ3v) is 5.88. The Kier molecular flexibility index (Phi) is 4.86. The molecule has 1 fully saturated rings. The molecule has 5 rings (SSSR count). The Bertz CT molecular complexity index is 1170. The van der Waals surface area contributed by atoms with Gasteiger partial charge in [0.05, 0.1) is 6.20 Å². The second-order valence-electron chi connectivity index (χ2n) is 7.82. The Labute approximate surface area is 177 Å². The minimum Gasteiger partial charge on any atom is -0.288 e. The van der Waals surface area contributed by atoms with Crippen LogP contribution in [0.25, 0.3) is 0 Å². The number of carbonyl (C=O) groups is 1. The zero-order valence-electron chi connectivity index (χ0n) is 16.6. The van der Waals surface area contributed by atoms with E-state index in [1.54, 1.807) is 29.3 Å². The molecule has 0 radical (unpaired) electrons. The number of hydrogen-bond donors (Lipinski definition) is 0. The highest BCUT2D eigenvalue weighted by Crippen LogP contribution is 2.42. The fourth-order valence-electron chi connectivity index (χ4n) is 4.58. The lowest BCUT2D eigenvalue weighted by atomic mass is 9.87. The highest BCUT2D eigenvalue weighted by atomic mass is 19.1. The van der Waals surface area contributed by atoms with Crippen molar-refractivity contribution in [1.82, 2.24) is 19.8 Å². The van der Waals surface area contributed by atoms with Gasteiger partial charge in [-0.3, -0.25) is 14.6 Å². The van der Waals surface area contributed by atoms with Crippen LogP contribution in [0.1, 0.15) is 46.5 Å². The summed E-state index contributed by atoms with van der Waals surface area (Å²) in [6.07, 6.45) is 2.30. The molecule has 6 nitrogen and oxygen atoms in total. The van der Waals surface area contributed by atoms with Crippen LogP contribution in [0, 0.1) is 11.6 Å². The molecule has 1 atom stereocenters. The number of hydrazine groups is 1. The summed E-state index contributed by atoms with van der Waals surface area (Å²) in [5.41, 5.74) is 1.06. The molecule has 2 aliphatic rings. The molecule has 0 bridgehead atoms. The van der Waals surface area contributed by atoms with E-state index in [1.165, 1.54) is 35.0 Å². The molecule has 31 heavy (non-hydrogen) atoms. The molecule has 0 unspecified atom stereocenters. The maximum atomic E-state index is 14.2. The van der Waals surface area contributed by atoms with Crippen LogP contribution in [0.2, 0.25) is 0 Å². The summed E-state index contributed by atoms with van der Waals surface area (Å²) < 4.78 is 30.0. The second kappa shape index (κ2) is 7.70. The average Bonchev–Trinajstić information content (AvgIpc) is 2.77. The number of rotatable bonds is 3. The fraction of sp³-hybridized carbons (Fsp3) is 0.261. The van der Waals surface area contributed by atoms with Gasteiger partial charge in [0, 0.05) is 25.1 Å². The zero-order valence-corrected chi connectivity index (χ0v) is 16.6. The van der Waals surface area contributed by atoms with Crippen LogP contribution in [0.4, 0.5) is 8.78 Å². The van der Waals surface area contributed by atoms with Gasteiger partial charge in [-0.15, -0.1) is 0 Å². The SMILES string of the molecule is O=C1c2cc(=O)cnn2[C@H](C(c2cccc(F)c2)c2cccc(F)c2)N2CCCCN12. The van der Waals surface area contributed by atoms with Crippen molar-refractivity contribution in [2.24, 2.45) is 0 Å². The number of nitrogens with zero attached hydrogens (tertiary/aromatic N) is 4. The molecular formula is C23H20F2N4O2. The maximum Gasteiger partial charge on any atom is 0.286 e. The van der Waals surface area contributed by atoms with Crippen LogP contribution in [0.3, 0.4) is 0 Å². The van der Waals surface area contributed by atoms with Crippen LogP contribution < -0.4 is 5.43 Å². The maximum absolute atomic E-state index is 14.2. The standard InChI is InChI=1S/C23H20F2N4O2/c24-17-7-3-5-15(11-17)21(16-6-4-8-18(25)12-16)22-27-9-1-2-10-28(27)23(31)20-13-19(30)14-26-29(20)22/h3-8,11-14,21-22H,1-2,9-10H2/t22-/m1/s1. The van der Waals surface area contributed by atoms with Crippen molar-refractivity contribution in [3.8, 4) is 0 Å². The van der Waals surface area contributed by atoms with E-state index in [9.17, 15) is 18.4 Å². The van der Waals surface area contributed by atoms with Crippen molar-refractivity contribution in [3.05, 3.63) is 99.5 Å². The average molecular weight is 422 g/mol. The molecule has 3 heterocycles.